The van der Waals surface area contributed by atoms with Gasteiger partial charge >= 0.3 is 0 Å². The van der Waals surface area contributed by atoms with Crippen molar-refractivity contribution in [3.8, 4) is 0 Å². The summed E-state index contributed by atoms with van der Waals surface area (Å²) in [4.78, 5) is 15.0. The van der Waals surface area contributed by atoms with E-state index in [4.69, 9.17) is 16.6 Å². The van der Waals surface area contributed by atoms with Gasteiger partial charge in [-0.1, -0.05) is 25.1 Å². The second-order valence-electron chi connectivity index (χ2n) is 8.17. The molecule has 1 aliphatic carbocycles. The smallest absolute Gasteiger partial charge is 0.289 e. The van der Waals surface area contributed by atoms with Crippen molar-refractivity contribution in [3.63, 3.8) is 0 Å². The van der Waals surface area contributed by atoms with Gasteiger partial charge in [0, 0.05) is 36.3 Å². The zero-order valence-electron chi connectivity index (χ0n) is 17.5. The maximum atomic E-state index is 13.1. The second-order valence-corrected chi connectivity index (χ2v) is 8.58. The summed E-state index contributed by atoms with van der Waals surface area (Å²) in [5.74, 6) is 2.00. The van der Waals surface area contributed by atoms with Crippen molar-refractivity contribution in [1.29, 1.82) is 0 Å². The van der Waals surface area contributed by atoms with E-state index in [-0.39, 0.29) is 5.91 Å². The Balaban J connectivity index is 1.50. The molecule has 1 aromatic heterocycles. The Labute approximate surface area is 182 Å². The van der Waals surface area contributed by atoms with Crippen molar-refractivity contribution in [2.75, 3.05) is 18.4 Å². The van der Waals surface area contributed by atoms with Crippen LogP contribution in [0.25, 0.3) is 0 Å². The van der Waals surface area contributed by atoms with Crippen molar-refractivity contribution in [3.05, 3.63) is 53.0 Å². The Kier molecular flexibility index (Phi) is 6.18. The van der Waals surface area contributed by atoms with Crippen molar-refractivity contribution in [1.82, 2.24) is 10.3 Å². The van der Waals surface area contributed by atoms with E-state index in [9.17, 15) is 4.79 Å². The van der Waals surface area contributed by atoms with Crippen molar-refractivity contribution >= 4 is 34.6 Å². The molecular weight excluding hydrogens is 396 g/mol. The van der Waals surface area contributed by atoms with Gasteiger partial charge in [0.05, 0.1) is 5.71 Å². The molecule has 1 fully saturated rings. The first-order valence-corrected chi connectivity index (χ1v) is 11.0. The van der Waals surface area contributed by atoms with Crippen LogP contribution in [0.15, 0.2) is 39.9 Å². The van der Waals surface area contributed by atoms with Crippen LogP contribution in [0.3, 0.4) is 0 Å². The average molecular weight is 425 g/mol. The number of fused-ring (bicyclic) bond motifs is 1. The zero-order chi connectivity index (χ0) is 21.1. The minimum atomic E-state index is 0.00220. The fourth-order valence-corrected chi connectivity index (χ4v) is 4.30. The topological polar surface area (TPSA) is 69.9 Å². The summed E-state index contributed by atoms with van der Waals surface area (Å²) < 4.78 is 6.06. The molecule has 1 saturated heterocycles. The predicted octanol–water partition coefficient (Wildman–Crippen LogP) is 4.49. The maximum Gasteiger partial charge on any atom is 0.289 e. The van der Waals surface area contributed by atoms with Gasteiger partial charge < -0.3 is 14.6 Å². The van der Waals surface area contributed by atoms with Gasteiger partial charge in [-0.2, -0.15) is 5.10 Å². The minimum absolute atomic E-state index is 0.00220. The molecule has 2 aromatic rings. The van der Waals surface area contributed by atoms with Gasteiger partial charge in [-0.15, -0.1) is 0 Å². The Morgan fingerprint density at radius 2 is 1.93 bits per heavy atom. The molecular formula is C23H28N4O2S. The number of hydrogen-bond donors (Lipinski definition) is 2. The molecule has 4 rings (SSSR count). The van der Waals surface area contributed by atoms with Crippen LogP contribution < -0.4 is 10.7 Å². The molecule has 2 heterocycles. The number of carbonyl (C=O) groups is 1. The number of rotatable bonds is 3. The summed E-state index contributed by atoms with van der Waals surface area (Å²) in [6.07, 6.45) is 4.69. The Morgan fingerprint density at radius 3 is 2.67 bits per heavy atom. The Morgan fingerprint density at radius 1 is 1.20 bits per heavy atom. The lowest BCUT2D eigenvalue weighted by Crippen LogP contribution is -2.38. The molecule has 2 aliphatic rings. The molecule has 7 heteroatoms. The molecule has 0 spiro atoms. The number of anilines is 1. The number of nitrogens with zero attached hydrogens (tertiary/aromatic N) is 2. The molecule has 30 heavy (non-hydrogen) atoms. The minimum Gasteiger partial charge on any atom is -0.455 e. The van der Waals surface area contributed by atoms with E-state index in [0.717, 1.165) is 73.5 Å². The third-order valence-corrected chi connectivity index (χ3v) is 6.11. The first-order chi connectivity index (χ1) is 14.5. The summed E-state index contributed by atoms with van der Waals surface area (Å²) in [5.41, 5.74) is 6.59. The lowest BCUT2D eigenvalue weighted by Gasteiger charge is -2.29. The van der Waals surface area contributed by atoms with Gasteiger partial charge in [0.15, 0.2) is 10.9 Å². The van der Waals surface area contributed by atoms with Gasteiger partial charge in [-0.05, 0) is 62.9 Å². The van der Waals surface area contributed by atoms with Crippen LogP contribution in [0.1, 0.15) is 60.0 Å². The molecule has 0 radical (unpaired) electrons. The number of carbonyl (C=O) groups excluding carboxylic acids is 1. The van der Waals surface area contributed by atoms with Crippen molar-refractivity contribution in [2.45, 2.75) is 46.0 Å². The number of thiocarbonyl (C=S) groups is 1. The van der Waals surface area contributed by atoms with E-state index >= 15 is 0 Å². The number of likely N-dealkylation sites (tertiary alicyclic amines) is 1. The van der Waals surface area contributed by atoms with Gasteiger partial charge in [0.25, 0.3) is 5.91 Å². The number of para-hydroxylation sites is 1. The largest absolute Gasteiger partial charge is 0.455 e. The quantitative estimate of drug-likeness (QED) is 0.561. The van der Waals surface area contributed by atoms with E-state index in [2.05, 4.69) is 22.8 Å². The number of piperidine rings is 1. The number of hydrogen-bond acceptors (Lipinski definition) is 4. The molecule has 1 amide bonds. The molecule has 2 N–H and O–H groups in total. The highest BCUT2D eigenvalue weighted by Gasteiger charge is 2.31. The number of benzene rings is 1. The summed E-state index contributed by atoms with van der Waals surface area (Å²) in [7, 11) is 0. The summed E-state index contributed by atoms with van der Waals surface area (Å²) >= 11 is 5.36. The third kappa shape index (κ3) is 4.41. The van der Waals surface area contributed by atoms with Crippen LogP contribution >= 0.6 is 12.2 Å². The lowest BCUT2D eigenvalue weighted by molar-refractivity contribution is 0.0662. The predicted molar refractivity (Wildman–Crippen MR) is 123 cm³/mol. The Bertz CT molecular complexity index is 959. The van der Waals surface area contributed by atoms with E-state index in [1.54, 1.807) is 0 Å². The molecule has 6 nitrogen and oxygen atoms in total. The molecule has 0 unspecified atom stereocenters. The van der Waals surface area contributed by atoms with Crippen LogP contribution in [0.5, 0.6) is 0 Å². The fraction of sp³-hybridized carbons (Fsp3) is 0.435. The van der Waals surface area contributed by atoms with Crippen LogP contribution in [-0.4, -0.2) is 34.7 Å². The lowest BCUT2D eigenvalue weighted by atomic mass is 9.93. The van der Waals surface area contributed by atoms with Gasteiger partial charge in [-0.3, -0.25) is 10.2 Å². The molecule has 0 bridgehead atoms. The maximum absolute atomic E-state index is 13.1. The second kappa shape index (κ2) is 9.00. The zero-order valence-corrected chi connectivity index (χ0v) is 18.3. The summed E-state index contributed by atoms with van der Waals surface area (Å²) in [6.45, 7) is 5.80. The molecule has 158 valence electrons. The first kappa shape index (κ1) is 20.6. The number of aryl methyl sites for hydroxylation is 1. The van der Waals surface area contributed by atoms with Crippen molar-refractivity contribution < 1.29 is 9.21 Å². The normalized spacial score (nSPS) is 18.2. The summed E-state index contributed by atoms with van der Waals surface area (Å²) in [5, 5.41) is 8.10. The average Bonchev–Trinajstić information content (AvgIpc) is 3.10. The number of nitrogens with one attached hydrogen (secondary N) is 2. The highest BCUT2D eigenvalue weighted by molar-refractivity contribution is 7.80. The standard InChI is InChI=1S/C23H28N4O2S/c1-15-11-13-27(14-12-15)22(28)21-16(2)20-18(9-6-10-19(20)29-21)25-26-23(30)24-17-7-4-3-5-8-17/h3-5,7-8,15H,6,9-14H2,1-2H3,(H2,24,26,30)/b25-18+. The van der Waals surface area contributed by atoms with Crippen molar-refractivity contribution in [2.24, 2.45) is 11.0 Å². The van der Waals surface area contributed by atoms with E-state index in [0.29, 0.717) is 16.8 Å². The SMILES string of the molecule is Cc1c(C(=O)N2CCC(C)CC2)oc2c1/C(=N/NC(=S)Nc1ccccc1)CCC2. The molecule has 1 aromatic carbocycles. The first-order valence-electron chi connectivity index (χ1n) is 10.6. The van der Waals surface area contributed by atoms with Crippen LogP contribution in [-0.2, 0) is 6.42 Å². The summed E-state index contributed by atoms with van der Waals surface area (Å²) in [6, 6.07) is 9.73. The number of amides is 1. The van der Waals surface area contributed by atoms with E-state index < -0.39 is 0 Å². The number of hydrazone groups is 1. The molecule has 1 aliphatic heterocycles. The molecule has 0 saturated carbocycles. The van der Waals surface area contributed by atoms with E-state index in [1.807, 2.05) is 42.2 Å². The van der Waals surface area contributed by atoms with E-state index in [1.165, 1.54) is 0 Å². The van der Waals surface area contributed by atoms with Gasteiger partial charge in [0.2, 0.25) is 0 Å². The molecule has 0 atom stereocenters. The fourth-order valence-electron chi connectivity index (χ4n) is 4.14. The van der Waals surface area contributed by atoms with Gasteiger partial charge in [-0.25, -0.2) is 0 Å². The van der Waals surface area contributed by atoms with Crippen LogP contribution in [0.4, 0.5) is 5.69 Å². The van der Waals surface area contributed by atoms with Crippen LogP contribution in [0, 0.1) is 12.8 Å². The highest BCUT2D eigenvalue weighted by atomic mass is 32.1. The van der Waals surface area contributed by atoms with Crippen LogP contribution in [0.2, 0.25) is 0 Å². The Hall–Kier alpha value is -2.67. The third-order valence-electron chi connectivity index (χ3n) is 5.91. The van der Waals surface area contributed by atoms with Gasteiger partial charge in [0.1, 0.15) is 5.76 Å². The monoisotopic (exact) mass is 424 g/mol. The number of furan rings is 1. The highest BCUT2D eigenvalue weighted by Crippen LogP contribution is 2.31.